The lowest BCUT2D eigenvalue weighted by Gasteiger charge is -2.14. The first-order valence-electron chi connectivity index (χ1n) is 7.98. The highest BCUT2D eigenvalue weighted by Gasteiger charge is 2.16. The molecule has 0 saturated carbocycles. The largest absolute Gasteiger partial charge is 0.492 e. The average Bonchev–Trinajstić information content (AvgIpc) is 2.44. The number of sulfonamides is 1. The van der Waals surface area contributed by atoms with Gasteiger partial charge in [0.2, 0.25) is 10.0 Å². The van der Waals surface area contributed by atoms with E-state index in [1.54, 1.807) is 19.1 Å². The van der Waals surface area contributed by atoms with Gasteiger partial charge >= 0.3 is 0 Å². The third kappa shape index (κ3) is 4.36. The van der Waals surface area contributed by atoms with Crippen molar-refractivity contribution < 1.29 is 13.2 Å². The van der Waals surface area contributed by atoms with Gasteiger partial charge in [0.05, 0.1) is 4.90 Å². The molecule has 0 aliphatic carbocycles. The van der Waals surface area contributed by atoms with Crippen molar-refractivity contribution in [3.63, 3.8) is 0 Å². The van der Waals surface area contributed by atoms with Gasteiger partial charge in [0.1, 0.15) is 12.4 Å². The van der Waals surface area contributed by atoms with E-state index in [0.717, 1.165) is 28.0 Å². The van der Waals surface area contributed by atoms with Crippen LogP contribution in [0.1, 0.15) is 27.8 Å². The predicted molar refractivity (Wildman–Crippen MR) is 97.3 cm³/mol. The summed E-state index contributed by atoms with van der Waals surface area (Å²) in [4.78, 5) is 0.316. The van der Waals surface area contributed by atoms with Gasteiger partial charge in [-0.05, 0) is 57.4 Å². The Morgan fingerprint density at radius 1 is 0.875 bits per heavy atom. The van der Waals surface area contributed by atoms with E-state index >= 15 is 0 Å². The van der Waals surface area contributed by atoms with Crippen LogP contribution in [0.25, 0.3) is 0 Å². The van der Waals surface area contributed by atoms with Crippen LogP contribution in [-0.4, -0.2) is 21.6 Å². The van der Waals surface area contributed by atoms with Gasteiger partial charge < -0.3 is 4.74 Å². The quantitative estimate of drug-likeness (QED) is 0.813. The first-order valence-corrected chi connectivity index (χ1v) is 9.46. The van der Waals surface area contributed by atoms with Crippen LogP contribution < -0.4 is 9.46 Å². The normalized spacial score (nSPS) is 11.5. The fourth-order valence-electron chi connectivity index (χ4n) is 2.90. The van der Waals surface area contributed by atoms with Gasteiger partial charge in [0, 0.05) is 6.54 Å². The molecule has 0 radical (unpaired) electrons. The molecule has 0 heterocycles. The highest BCUT2D eigenvalue weighted by atomic mass is 32.2. The molecular formula is C19H25NO3S. The van der Waals surface area contributed by atoms with E-state index < -0.39 is 10.0 Å². The number of nitrogens with one attached hydrogen (secondary N) is 1. The maximum Gasteiger partial charge on any atom is 0.240 e. The number of ether oxygens (including phenoxy) is 1. The Balaban J connectivity index is 1.99. The van der Waals surface area contributed by atoms with E-state index in [9.17, 15) is 8.42 Å². The molecule has 0 spiro atoms. The van der Waals surface area contributed by atoms with Gasteiger partial charge in [-0.25, -0.2) is 13.1 Å². The van der Waals surface area contributed by atoms with E-state index in [1.165, 1.54) is 5.56 Å². The standard InChI is InChI=1S/C19H25NO3S/c1-13-6-7-18(15(3)10-13)24(21,22)20-8-9-23-19-16(4)11-14(2)12-17(19)5/h6-7,10-12,20H,8-9H2,1-5H3. The van der Waals surface area contributed by atoms with Crippen molar-refractivity contribution in [3.05, 3.63) is 58.1 Å². The topological polar surface area (TPSA) is 55.4 Å². The summed E-state index contributed by atoms with van der Waals surface area (Å²) in [6, 6.07) is 9.42. The fourth-order valence-corrected chi connectivity index (χ4v) is 4.14. The van der Waals surface area contributed by atoms with Crippen LogP contribution in [0, 0.1) is 34.6 Å². The second-order valence-corrected chi connectivity index (χ2v) is 7.98. The molecule has 1 N–H and O–H groups in total. The van der Waals surface area contributed by atoms with Crippen LogP contribution in [-0.2, 0) is 10.0 Å². The predicted octanol–water partition coefficient (Wildman–Crippen LogP) is 3.59. The molecule has 0 amide bonds. The maximum atomic E-state index is 12.4. The molecule has 0 aliphatic heterocycles. The molecule has 0 aliphatic rings. The van der Waals surface area contributed by atoms with Crippen molar-refractivity contribution in [1.29, 1.82) is 0 Å². The lowest BCUT2D eigenvalue weighted by Crippen LogP contribution is -2.29. The molecule has 0 aromatic heterocycles. The SMILES string of the molecule is Cc1ccc(S(=O)(=O)NCCOc2c(C)cc(C)cc2C)c(C)c1. The summed E-state index contributed by atoms with van der Waals surface area (Å²) < 4.78 is 33.2. The van der Waals surface area contributed by atoms with Crippen LogP contribution in [0.3, 0.4) is 0 Å². The van der Waals surface area contributed by atoms with Gasteiger partial charge in [0.25, 0.3) is 0 Å². The summed E-state index contributed by atoms with van der Waals surface area (Å²) in [6.45, 7) is 10.3. The van der Waals surface area contributed by atoms with Crippen molar-refractivity contribution in [3.8, 4) is 5.75 Å². The van der Waals surface area contributed by atoms with Gasteiger partial charge in [-0.3, -0.25) is 0 Å². The third-order valence-electron chi connectivity index (χ3n) is 3.87. The first-order chi connectivity index (χ1) is 11.2. The Bertz CT molecular complexity index is 819. The fraction of sp³-hybridized carbons (Fsp3) is 0.368. The zero-order chi connectivity index (χ0) is 17.9. The second-order valence-electron chi connectivity index (χ2n) is 6.24. The summed E-state index contributed by atoms with van der Waals surface area (Å²) in [7, 11) is -3.52. The van der Waals surface area contributed by atoms with Crippen LogP contribution in [0.15, 0.2) is 35.2 Å². The maximum absolute atomic E-state index is 12.4. The number of rotatable bonds is 6. The van der Waals surface area contributed by atoms with Crippen LogP contribution in [0.5, 0.6) is 5.75 Å². The molecule has 0 atom stereocenters. The molecule has 24 heavy (non-hydrogen) atoms. The van der Waals surface area contributed by atoms with Crippen LogP contribution in [0.4, 0.5) is 0 Å². The Hall–Kier alpha value is -1.85. The molecule has 0 fully saturated rings. The molecule has 5 heteroatoms. The summed E-state index contributed by atoms with van der Waals surface area (Å²) in [5.41, 5.74) is 5.09. The summed E-state index contributed by atoms with van der Waals surface area (Å²) in [6.07, 6.45) is 0. The Morgan fingerprint density at radius 2 is 1.46 bits per heavy atom. The molecule has 2 aromatic rings. The molecule has 2 rings (SSSR count). The highest BCUT2D eigenvalue weighted by Crippen LogP contribution is 2.24. The van der Waals surface area contributed by atoms with Crippen LogP contribution in [0.2, 0.25) is 0 Å². The minimum atomic E-state index is -3.52. The molecule has 0 bridgehead atoms. The zero-order valence-electron chi connectivity index (χ0n) is 14.9. The molecule has 130 valence electrons. The minimum Gasteiger partial charge on any atom is -0.492 e. The molecule has 0 unspecified atom stereocenters. The minimum absolute atomic E-state index is 0.225. The smallest absolute Gasteiger partial charge is 0.240 e. The van der Waals surface area contributed by atoms with Gasteiger partial charge in [0.15, 0.2) is 0 Å². The van der Waals surface area contributed by atoms with E-state index in [0.29, 0.717) is 4.90 Å². The van der Waals surface area contributed by atoms with E-state index in [1.807, 2.05) is 33.8 Å². The van der Waals surface area contributed by atoms with Crippen molar-refractivity contribution in [2.45, 2.75) is 39.5 Å². The molecule has 4 nitrogen and oxygen atoms in total. The lowest BCUT2D eigenvalue weighted by molar-refractivity contribution is 0.318. The lowest BCUT2D eigenvalue weighted by atomic mass is 10.1. The third-order valence-corrected chi connectivity index (χ3v) is 5.49. The Kier molecular flexibility index (Phi) is 5.67. The van der Waals surface area contributed by atoms with E-state index in [2.05, 4.69) is 16.9 Å². The molecular weight excluding hydrogens is 322 g/mol. The van der Waals surface area contributed by atoms with Gasteiger partial charge in [-0.15, -0.1) is 0 Å². The number of aryl methyl sites for hydroxylation is 5. The van der Waals surface area contributed by atoms with Crippen molar-refractivity contribution >= 4 is 10.0 Å². The first kappa shape index (κ1) is 18.5. The number of hydrogen-bond acceptors (Lipinski definition) is 3. The monoisotopic (exact) mass is 347 g/mol. The number of hydrogen-bond donors (Lipinski definition) is 1. The Labute approximate surface area is 144 Å². The number of benzene rings is 2. The van der Waals surface area contributed by atoms with Crippen LogP contribution >= 0.6 is 0 Å². The van der Waals surface area contributed by atoms with E-state index in [4.69, 9.17) is 4.74 Å². The molecule has 2 aromatic carbocycles. The van der Waals surface area contributed by atoms with Gasteiger partial charge in [-0.2, -0.15) is 0 Å². The summed E-state index contributed by atoms with van der Waals surface area (Å²) in [5, 5.41) is 0. The van der Waals surface area contributed by atoms with Crippen molar-refractivity contribution in [1.82, 2.24) is 4.72 Å². The Morgan fingerprint density at radius 3 is 2.04 bits per heavy atom. The van der Waals surface area contributed by atoms with E-state index in [-0.39, 0.29) is 13.2 Å². The zero-order valence-corrected chi connectivity index (χ0v) is 15.8. The summed E-state index contributed by atoms with van der Waals surface area (Å²) >= 11 is 0. The molecule has 0 saturated heterocycles. The second kappa shape index (κ2) is 7.36. The summed E-state index contributed by atoms with van der Waals surface area (Å²) in [5.74, 6) is 0.825. The van der Waals surface area contributed by atoms with Gasteiger partial charge in [-0.1, -0.05) is 35.4 Å². The highest BCUT2D eigenvalue weighted by molar-refractivity contribution is 7.89. The van der Waals surface area contributed by atoms with Crippen molar-refractivity contribution in [2.75, 3.05) is 13.2 Å². The average molecular weight is 347 g/mol. The van der Waals surface area contributed by atoms with Crippen molar-refractivity contribution in [2.24, 2.45) is 0 Å².